The third-order valence-electron chi connectivity index (χ3n) is 2.90. The van der Waals surface area contributed by atoms with E-state index in [4.69, 9.17) is 0 Å². The minimum Gasteiger partial charge on any atom is -0.355 e. The Morgan fingerprint density at radius 3 is 2.65 bits per heavy atom. The maximum atomic E-state index is 11.8. The third kappa shape index (κ3) is 5.74. The molecule has 5 heteroatoms. The molecule has 0 heterocycles. The smallest absolute Gasteiger partial charge is 0.233 e. The van der Waals surface area contributed by atoms with Crippen LogP contribution in [0.4, 0.5) is 5.69 Å². The summed E-state index contributed by atoms with van der Waals surface area (Å²) in [5, 5.41) is 5.59. The second-order valence-electron chi connectivity index (χ2n) is 4.66. The molecule has 2 amide bonds. The number of hydrogen-bond donors (Lipinski definition) is 2. The van der Waals surface area contributed by atoms with Crippen molar-refractivity contribution in [3.63, 3.8) is 0 Å². The van der Waals surface area contributed by atoms with Crippen LogP contribution in [0.5, 0.6) is 0 Å². The Morgan fingerprint density at radius 2 is 2.00 bits per heavy atom. The molecule has 0 radical (unpaired) electrons. The Labute approximate surface area is 128 Å². The molecule has 1 rings (SSSR count). The normalized spacial score (nSPS) is 11.8. The Balaban J connectivity index is 2.31. The SMILES string of the molecule is CCCC(Br)C(=O)NCCC(=O)Nc1ccccc1C. The van der Waals surface area contributed by atoms with Gasteiger partial charge in [0.2, 0.25) is 11.8 Å². The highest BCUT2D eigenvalue weighted by atomic mass is 79.9. The van der Waals surface area contributed by atoms with Crippen LogP contribution in [-0.4, -0.2) is 23.2 Å². The highest BCUT2D eigenvalue weighted by Crippen LogP contribution is 2.13. The number of rotatable bonds is 7. The second kappa shape index (κ2) is 8.74. The van der Waals surface area contributed by atoms with Gasteiger partial charge in [-0.3, -0.25) is 9.59 Å². The van der Waals surface area contributed by atoms with Crippen molar-refractivity contribution in [3.05, 3.63) is 29.8 Å². The third-order valence-corrected chi connectivity index (χ3v) is 3.77. The van der Waals surface area contributed by atoms with Gasteiger partial charge < -0.3 is 10.6 Å². The van der Waals surface area contributed by atoms with Crippen LogP contribution in [0, 0.1) is 6.92 Å². The summed E-state index contributed by atoms with van der Waals surface area (Å²) in [5.74, 6) is -0.156. The molecule has 4 nitrogen and oxygen atoms in total. The molecule has 0 aliphatic rings. The number of aryl methyl sites for hydroxylation is 1. The van der Waals surface area contributed by atoms with E-state index in [0.29, 0.717) is 6.54 Å². The summed E-state index contributed by atoms with van der Waals surface area (Å²) in [4.78, 5) is 23.2. The molecular formula is C15H21BrN2O2. The van der Waals surface area contributed by atoms with E-state index in [0.717, 1.165) is 24.1 Å². The van der Waals surface area contributed by atoms with Crippen molar-refractivity contribution in [2.45, 2.75) is 37.9 Å². The van der Waals surface area contributed by atoms with E-state index in [-0.39, 0.29) is 23.1 Å². The summed E-state index contributed by atoms with van der Waals surface area (Å²) in [6, 6.07) is 7.61. The Kier molecular flexibility index (Phi) is 7.30. The summed E-state index contributed by atoms with van der Waals surface area (Å²) in [6.07, 6.45) is 2.00. The quantitative estimate of drug-likeness (QED) is 0.749. The number of benzene rings is 1. The van der Waals surface area contributed by atoms with Gasteiger partial charge in [0.05, 0.1) is 4.83 Å². The molecule has 0 saturated heterocycles. The molecule has 0 saturated carbocycles. The fraction of sp³-hybridized carbons (Fsp3) is 0.467. The van der Waals surface area contributed by atoms with E-state index in [2.05, 4.69) is 26.6 Å². The van der Waals surface area contributed by atoms with Crippen molar-refractivity contribution >= 4 is 33.4 Å². The van der Waals surface area contributed by atoms with Crippen molar-refractivity contribution in [2.24, 2.45) is 0 Å². The van der Waals surface area contributed by atoms with Crippen LogP contribution in [0.1, 0.15) is 31.7 Å². The van der Waals surface area contributed by atoms with Crippen LogP contribution in [0.2, 0.25) is 0 Å². The first kappa shape index (κ1) is 16.7. The van der Waals surface area contributed by atoms with Gasteiger partial charge in [-0.05, 0) is 25.0 Å². The fourth-order valence-electron chi connectivity index (χ4n) is 1.72. The van der Waals surface area contributed by atoms with Crippen LogP contribution in [0.15, 0.2) is 24.3 Å². The number of carbonyl (C=O) groups is 2. The van der Waals surface area contributed by atoms with E-state index in [1.807, 2.05) is 38.1 Å². The van der Waals surface area contributed by atoms with Gasteiger partial charge in [-0.25, -0.2) is 0 Å². The number of anilines is 1. The minimum atomic E-state index is -0.174. The van der Waals surface area contributed by atoms with Crippen LogP contribution in [-0.2, 0) is 9.59 Å². The van der Waals surface area contributed by atoms with Gasteiger partial charge in [-0.1, -0.05) is 47.5 Å². The first-order valence-corrected chi connectivity index (χ1v) is 7.73. The van der Waals surface area contributed by atoms with Crippen LogP contribution in [0.25, 0.3) is 0 Å². The van der Waals surface area contributed by atoms with E-state index >= 15 is 0 Å². The number of halogens is 1. The Morgan fingerprint density at radius 1 is 1.30 bits per heavy atom. The van der Waals surface area contributed by atoms with Gasteiger partial charge in [0.25, 0.3) is 0 Å². The summed E-state index contributed by atoms with van der Waals surface area (Å²) >= 11 is 3.32. The number of alkyl halides is 1. The largest absolute Gasteiger partial charge is 0.355 e. The number of carbonyl (C=O) groups excluding carboxylic acids is 2. The van der Waals surface area contributed by atoms with E-state index in [1.54, 1.807) is 0 Å². The molecule has 0 aromatic heterocycles. The first-order chi connectivity index (χ1) is 9.54. The first-order valence-electron chi connectivity index (χ1n) is 6.81. The molecule has 1 aromatic rings. The molecule has 2 N–H and O–H groups in total. The van der Waals surface area contributed by atoms with Gasteiger partial charge in [0.15, 0.2) is 0 Å². The van der Waals surface area contributed by atoms with Gasteiger partial charge >= 0.3 is 0 Å². The van der Waals surface area contributed by atoms with Crippen molar-refractivity contribution in [1.29, 1.82) is 0 Å². The fourth-order valence-corrected chi connectivity index (χ4v) is 2.34. The number of para-hydroxylation sites is 1. The number of nitrogens with one attached hydrogen (secondary N) is 2. The number of hydrogen-bond acceptors (Lipinski definition) is 2. The molecule has 110 valence electrons. The molecule has 20 heavy (non-hydrogen) atoms. The molecule has 0 bridgehead atoms. The molecule has 0 aliphatic heterocycles. The van der Waals surface area contributed by atoms with Crippen LogP contribution >= 0.6 is 15.9 Å². The molecule has 1 aromatic carbocycles. The lowest BCUT2D eigenvalue weighted by Crippen LogP contribution is -2.33. The molecule has 1 atom stereocenters. The van der Waals surface area contributed by atoms with Crippen molar-refractivity contribution in [2.75, 3.05) is 11.9 Å². The highest BCUT2D eigenvalue weighted by molar-refractivity contribution is 9.10. The second-order valence-corrected chi connectivity index (χ2v) is 5.77. The lowest BCUT2D eigenvalue weighted by atomic mass is 10.2. The predicted octanol–water partition coefficient (Wildman–Crippen LogP) is 3.00. The zero-order valence-electron chi connectivity index (χ0n) is 11.9. The van der Waals surface area contributed by atoms with E-state index < -0.39 is 0 Å². The van der Waals surface area contributed by atoms with Crippen LogP contribution in [0.3, 0.4) is 0 Å². The molecular weight excluding hydrogens is 320 g/mol. The Hall–Kier alpha value is -1.36. The summed E-state index contributed by atoms with van der Waals surface area (Å²) in [7, 11) is 0. The van der Waals surface area contributed by atoms with Gasteiger partial charge in [-0.15, -0.1) is 0 Å². The monoisotopic (exact) mass is 340 g/mol. The summed E-state index contributed by atoms with van der Waals surface area (Å²) in [6.45, 7) is 4.32. The lowest BCUT2D eigenvalue weighted by molar-refractivity contribution is -0.120. The lowest BCUT2D eigenvalue weighted by Gasteiger charge is -2.10. The highest BCUT2D eigenvalue weighted by Gasteiger charge is 2.13. The zero-order chi connectivity index (χ0) is 15.0. The summed E-state index contributed by atoms with van der Waals surface area (Å²) < 4.78 is 0. The van der Waals surface area contributed by atoms with Crippen molar-refractivity contribution in [3.8, 4) is 0 Å². The Bertz CT molecular complexity index is 463. The maximum absolute atomic E-state index is 11.8. The van der Waals surface area contributed by atoms with E-state index in [1.165, 1.54) is 0 Å². The summed E-state index contributed by atoms with van der Waals surface area (Å²) in [5.41, 5.74) is 1.83. The van der Waals surface area contributed by atoms with Crippen molar-refractivity contribution in [1.82, 2.24) is 5.32 Å². The van der Waals surface area contributed by atoms with Crippen molar-refractivity contribution < 1.29 is 9.59 Å². The molecule has 0 aliphatic carbocycles. The molecule has 0 spiro atoms. The predicted molar refractivity (Wildman–Crippen MR) is 85.1 cm³/mol. The zero-order valence-corrected chi connectivity index (χ0v) is 13.5. The molecule has 1 unspecified atom stereocenters. The van der Waals surface area contributed by atoms with Gasteiger partial charge in [-0.2, -0.15) is 0 Å². The van der Waals surface area contributed by atoms with Gasteiger partial charge in [0, 0.05) is 18.7 Å². The van der Waals surface area contributed by atoms with E-state index in [9.17, 15) is 9.59 Å². The maximum Gasteiger partial charge on any atom is 0.233 e. The topological polar surface area (TPSA) is 58.2 Å². The average molecular weight is 341 g/mol. The number of amides is 2. The minimum absolute atomic E-state index is 0.0597. The average Bonchev–Trinajstić information content (AvgIpc) is 2.41. The van der Waals surface area contributed by atoms with Gasteiger partial charge in [0.1, 0.15) is 0 Å². The molecule has 0 fully saturated rings. The van der Waals surface area contributed by atoms with Crippen LogP contribution < -0.4 is 10.6 Å². The standard InChI is InChI=1S/C15H21BrN2O2/c1-3-6-12(16)15(20)17-10-9-14(19)18-13-8-5-4-7-11(13)2/h4-5,7-8,12H,3,6,9-10H2,1-2H3,(H,17,20)(H,18,19).